The fourth-order valence-corrected chi connectivity index (χ4v) is 10.5. The third-order valence-corrected chi connectivity index (χ3v) is 13.3. The Bertz CT molecular complexity index is 3900. The standard InChI is InChI=1S/C55H32N4OS/c1-2-14-34(15-3-1)53-56-54(58-55(57-53)36-28-29-40-39-19-6-8-25-47(39)60-48(40)32-36)35-16-10-17-37(31-35)59-50-38-18-5-4-13-33(38)27-30-44(50)42-21-11-22-43(51(42)59)46-24-12-23-45-41-20-7-9-26-49(41)61-52(45)46/h1-32H. The van der Waals surface area contributed by atoms with Crippen LogP contribution < -0.4 is 0 Å². The highest BCUT2D eigenvalue weighted by Crippen LogP contribution is 2.45. The van der Waals surface area contributed by atoms with Gasteiger partial charge in [-0.15, -0.1) is 11.3 Å². The number of hydrogen-bond donors (Lipinski definition) is 0. The second kappa shape index (κ2) is 13.3. The van der Waals surface area contributed by atoms with Gasteiger partial charge in [-0.05, 0) is 41.8 Å². The highest BCUT2D eigenvalue weighted by molar-refractivity contribution is 7.26. The molecule has 0 saturated carbocycles. The molecule has 0 fully saturated rings. The lowest BCUT2D eigenvalue weighted by Gasteiger charge is -2.15. The van der Waals surface area contributed by atoms with Crippen LogP contribution in [0.4, 0.5) is 0 Å². The van der Waals surface area contributed by atoms with Crippen molar-refractivity contribution in [3.8, 4) is 51.0 Å². The summed E-state index contributed by atoms with van der Waals surface area (Å²) in [6, 6.07) is 68.6. The van der Waals surface area contributed by atoms with Crippen LogP contribution in [-0.2, 0) is 0 Å². The van der Waals surface area contributed by atoms with E-state index in [2.05, 4.69) is 144 Å². The molecule has 284 valence electrons. The van der Waals surface area contributed by atoms with Crippen molar-refractivity contribution in [3.05, 3.63) is 194 Å². The first-order valence-electron chi connectivity index (χ1n) is 20.4. The zero-order valence-electron chi connectivity index (χ0n) is 32.6. The Kier molecular flexibility index (Phi) is 7.41. The summed E-state index contributed by atoms with van der Waals surface area (Å²) in [6.07, 6.45) is 0. The van der Waals surface area contributed by atoms with E-state index in [-0.39, 0.29) is 0 Å². The Morgan fingerprint density at radius 2 is 0.984 bits per heavy atom. The summed E-state index contributed by atoms with van der Waals surface area (Å²) in [6.45, 7) is 0. The van der Waals surface area contributed by atoms with Gasteiger partial charge in [-0.1, -0.05) is 158 Å². The summed E-state index contributed by atoms with van der Waals surface area (Å²) in [7, 11) is 0. The summed E-state index contributed by atoms with van der Waals surface area (Å²) in [5, 5.41) is 9.52. The van der Waals surface area contributed by atoms with Crippen LogP contribution in [0.3, 0.4) is 0 Å². The van der Waals surface area contributed by atoms with Crippen LogP contribution in [-0.4, -0.2) is 19.5 Å². The Balaban J connectivity index is 1.06. The summed E-state index contributed by atoms with van der Waals surface area (Å²) < 4.78 is 11.4. The lowest BCUT2D eigenvalue weighted by atomic mass is 9.99. The van der Waals surface area contributed by atoms with Gasteiger partial charge >= 0.3 is 0 Å². The molecule has 4 aromatic heterocycles. The maximum absolute atomic E-state index is 6.31. The molecule has 13 aromatic rings. The third-order valence-electron chi connectivity index (χ3n) is 12.0. The monoisotopic (exact) mass is 796 g/mol. The lowest BCUT2D eigenvalue weighted by molar-refractivity contribution is 0.669. The van der Waals surface area contributed by atoms with Crippen LogP contribution >= 0.6 is 11.3 Å². The molecule has 0 N–H and O–H groups in total. The number of thiophene rings is 1. The average Bonchev–Trinajstić information content (AvgIpc) is 4.01. The predicted molar refractivity (Wildman–Crippen MR) is 254 cm³/mol. The minimum Gasteiger partial charge on any atom is -0.456 e. The van der Waals surface area contributed by atoms with Gasteiger partial charge in [0, 0.05) is 80.6 Å². The molecule has 0 atom stereocenters. The molecule has 0 aliphatic carbocycles. The molecular weight excluding hydrogens is 765 g/mol. The smallest absolute Gasteiger partial charge is 0.164 e. The van der Waals surface area contributed by atoms with Gasteiger partial charge in [0.25, 0.3) is 0 Å². The summed E-state index contributed by atoms with van der Waals surface area (Å²) in [5.74, 6) is 1.78. The van der Waals surface area contributed by atoms with E-state index >= 15 is 0 Å². The van der Waals surface area contributed by atoms with Crippen molar-refractivity contribution in [3.63, 3.8) is 0 Å². The molecule has 0 amide bonds. The first-order chi connectivity index (χ1) is 30.2. The molecular formula is C55H32N4OS. The number of para-hydroxylation sites is 2. The number of rotatable bonds is 5. The Morgan fingerprint density at radius 3 is 1.85 bits per heavy atom. The average molecular weight is 797 g/mol. The zero-order chi connectivity index (χ0) is 40.0. The van der Waals surface area contributed by atoms with E-state index in [0.717, 1.165) is 49.8 Å². The van der Waals surface area contributed by atoms with Gasteiger partial charge in [0.05, 0.1) is 11.0 Å². The first-order valence-corrected chi connectivity index (χ1v) is 21.2. The normalized spacial score (nSPS) is 11.9. The largest absolute Gasteiger partial charge is 0.456 e. The van der Waals surface area contributed by atoms with E-state index in [1.54, 1.807) is 0 Å². The maximum atomic E-state index is 6.31. The van der Waals surface area contributed by atoms with Crippen molar-refractivity contribution in [2.24, 2.45) is 0 Å². The Morgan fingerprint density at radius 1 is 0.377 bits per heavy atom. The van der Waals surface area contributed by atoms with E-state index in [1.165, 1.54) is 58.4 Å². The van der Waals surface area contributed by atoms with Gasteiger partial charge in [-0.25, -0.2) is 15.0 Å². The summed E-state index contributed by atoms with van der Waals surface area (Å²) in [5.41, 5.74) is 10.1. The molecule has 0 radical (unpaired) electrons. The Labute approximate surface area is 353 Å². The van der Waals surface area contributed by atoms with Gasteiger partial charge in [0.1, 0.15) is 11.2 Å². The van der Waals surface area contributed by atoms with Gasteiger partial charge in [0.15, 0.2) is 17.5 Å². The molecule has 4 heterocycles. The zero-order valence-corrected chi connectivity index (χ0v) is 33.4. The van der Waals surface area contributed by atoms with Crippen molar-refractivity contribution in [2.75, 3.05) is 0 Å². The van der Waals surface area contributed by atoms with Crippen molar-refractivity contribution >= 4 is 86.0 Å². The highest BCUT2D eigenvalue weighted by Gasteiger charge is 2.22. The van der Waals surface area contributed by atoms with Crippen LogP contribution in [0.2, 0.25) is 0 Å². The molecule has 61 heavy (non-hydrogen) atoms. The fraction of sp³-hybridized carbons (Fsp3) is 0. The maximum Gasteiger partial charge on any atom is 0.164 e. The fourth-order valence-electron chi connectivity index (χ4n) is 9.26. The quantitative estimate of drug-likeness (QED) is 0.174. The first kappa shape index (κ1) is 34.0. The van der Waals surface area contributed by atoms with E-state index in [1.807, 2.05) is 65.9 Å². The molecule has 0 spiro atoms. The van der Waals surface area contributed by atoms with Crippen LogP contribution in [0.25, 0.3) is 126 Å². The van der Waals surface area contributed by atoms with Gasteiger partial charge in [0.2, 0.25) is 0 Å². The van der Waals surface area contributed by atoms with Crippen LogP contribution in [0, 0.1) is 0 Å². The second-order valence-electron chi connectivity index (χ2n) is 15.5. The van der Waals surface area contributed by atoms with E-state index in [0.29, 0.717) is 17.5 Å². The lowest BCUT2D eigenvalue weighted by Crippen LogP contribution is -2.01. The minimum absolute atomic E-state index is 0.582. The van der Waals surface area contributed by atoms with Crippen LogP contribution in [0.1, 0.15) is 0 Å². The summed E-state index contributed by atoms with van der Waals surface area (Å²) in [4.78, 5) is 15.4. The van der Waals surface area contributed by atoms with E-state index < -0.39 is 0 Å². The topological polar surface area (TPSA) is 56.7 Å². The number of aromatic nitrogens is 4. The van der Waals surface area contributed by atoms with Crippen molar-refractivity contribution in [1.29, 1.82) is 0 Å². The minimum atomic E-state index is 0.582. The van der Waals surface area contributed by atoms with Crippen molar-refractivity contribution < 1.29 is 4.42 Å². The molecule has 0 unspecified atom stereocenters. The predicted octanol–water partition coefficient (Wildman–Crippen LogP) is 15.1. The molecule has 5 nitrogen and oxygen atoms in total. The molecule has 6 heteroatoms. The van der Waals surface area contributed by atoms with Gasteiger partial charge in [-0.3, -0.25) is 0 Å². The van der Waals surface area contributed by atoms with Crippen LogP contribution in [0.5, 0.6) is 0 Å². The third kappa shape index (κ3) is 5.29. The van der Waals surface area contributed by atoms with E-state index in [4.69, 9.17) is 19.4 Å². The van der Waals surface area contributed by atoms with Gasteiger partial charge < -0.3 is 8.98 Å². The SMILES string of the molecule is c1ccc(-c2nc(-c3cccc(-n4c5c(-c6cccc7c6sc6ccccc67)cccc5c5ccc6ccccc6c54)c3)nc(-c3ccc4c(c3)oc3ccccc34)n2)cc1. The molecule has 0 bridgehead atoms. The molecule has 13 rings (SSSR count). The molecule has 0 aliphatic rings. The number of nitrogens with zero attached hydrogens (tertiary/aromatic N) is 4. The number of furan rings is 1. The molecule has 0 saturated heterocycles. The number of hydrogen-bond acceptors (Lipinski definition) is 5. The van der Waals surface area contributed by atoms with Crippen LogP contribution in [0.15, 0.2) is 199 Å². The van der Waals surface area contributed by atoms with Crippen molar-refractivity contribution in [2.45, 2.75) is 0 Å². The summed E-state index contributed by atoms with van der Waals surface area (Å²) >= 11 is 1.87. The number of benzene rings is 9. The van der Waals surface area contributed by atoms with E-state index in [9.17, 15) is 0 Å². The molecule has 0 aliphatic heterocycles. The van der Waals surface area contributed by atoms with Crippen molar-refractivity contribution in [1.82, 2.24) is 19.5 Å². The van der Waals surface area contributed by atoms with Gasteiger partial charge in [-0.2, -0.15) is 0 Å². The second-order valence-corrected chi connectivity index (χ2v) is 16.6. The number of fused-ring (bicyclic) bond motifs is 11. The highest BCUT2D eigenvalue weighted by atomic mass is 32.1. The molecule has 9 aromatic carbocycles. The Hall–Kier alpha value is -7.93.